The van der Waals surface area contributed by atoms with Crippen LogP contribution in [0.5, 0.6) is 0 Å². The van der Waals surface area contributed by atoms with Gasteiger partial charge in [0.15, 0.2) is 5.16 Å². The van der Waals surface area contributed by atoms with Gasteiger partial charge in [-0.05, 0) is 52.1 Å². The number of hydrogen-bond acceptors (Lipinski definition) is 4. The first kappa shape index (κ1) is 13.8. The zero-order valence-corrected chi connectivity index (χ0v) is 12.4. The van der Waals surface area contributed by atoms with Gasteiger partial charge in [-0.3, -0.25) is 0 Å². The largest absolute Gasteiger partial charge is 0.314 e. The summed E-state index contributed by atoms with van der Waals surface area (Å²) in [6.45, 7) is 7.44. The van der Waals surface area contributed by atoms with Gasteiger partial charge in [-0.1, -0.05) is 18.7 Å². The van der Waals surface area contributed by atoms with Gasteiger partial charge in [0.05, 0.1) is 0 Å². The van der Waals surface area contributed by atoms with Gasteiger partial charge in [0, 0.05) is 22.7 Å². The lowest BCUT2D eigenvalue weighted by Gasteiger charge is -2.12. The van der Waals surface area contributed by atoms with Gasteiger partial charge in [0.1, 0.15) is 0 Å². The van der Waals surface area contributed by atoms with E-state index in [0.717, 1.165) is 23.1 Å². The molecule has 1 aliphatic carbocycles. The highest BCUT2D eigenvalue weighted by atomic mass is 32.2. The van der Waals surface area contributed by atoms with E-state index in [4.69, 9.17) is 0 Å². The molecule has 2 rings (SSSR count). The summed E-state index contributed by atoms with van der Waals surface area (Å²) in [4.78, 5) is 9.03. The van der Waals surface area contributed by atoms with E-state index in [1.165, 1.54) is 25.7 Å². The summed E-state index contributed by atoms with van der Waals surface area (Å²) in [6, 6.07) is 2.73. The molecular weight excluding hydrogens is 242 g/mol. The molecule has 0 radical (unpaired) electrons. The molecule has 1 heterocycles. The monoisotopic (exact) mass is 265 g/mol. The third kappa shape index (κ3) is 3.95. The van der Waals surface area contributed by atoms with E-state index in [1.807, 2.05) is 31.7 Å². The molecule has 100 valence electrons. The van der Waals surface area contributed by atoms with Gasteiger partial charge in [-0.2, -0.15) is 0 Å². The van der Waals surface area contributed by atoms with Gasteiger partial charge in [-0.15, -0.1) is 0 Å². The standard InChI is InChI=1S/C14H23N3S/c1-4-7-15-12-5-6-13(9-12)18-14-16-10(2)8-11(3)17-14/h8,12-13,15H,4-7,9H2,1-3H3. The molecule has 18 heavy (non-hydrogen) atoms. The molecule has 3 nitrogen and oxygen atoms in total. The molecule has 1 aliphatic rings. The van der Waals surface area contributed by atoms with E-state index in [1.54, 1.807) is 0 Å². The molecule has 1 aromatic rings. The van der Waals surface area contributed by atoms with Crippen molar-refractivity contribution in [2.45, 2.75) is 62.9 Å². The van der Waals surface area contributed by atoms with E-state index in [9.17, 15) is 0 Å². The second-order valence-electron chi connectivity index (χ2n) is 5.14. The van der Waals surface area contributed by atoms with Gasteiger partial charge in [0.2, 0.25) is 0 Å². The van der Waals surface area contributed by atoms with Crippen molar-refractivity contribution in [1.82, 2.24) is 15.3 Å². The average molecular weight is 265 g/mol. The highest BCUT2D eigenvalue weighted by Crippen LogP contribution is 2.33. The molecule has 0 amide bonds. The van der Waals surface area contributed by atoms with Crippen LogP contribution in [0, 0.1) is 13.8 Å². The van der Waals surface area contributed by atoms with Crippen LogP contribution < -0.4 is 5.32 Å². The molecule has 0 bridgehead atoms. The van der Waals surface area contributed by atoms with Crippen LogP contribution in [0.1, 0.15) is 44.0 Å². The number of thioether (sulfide) groups is 1. The Kier molecular flexibility index (Phi) is 5.01. The molecule has 2 unspecified atom stereocenters. The number of hydrogen-bond donors (Lipinski definition) is 1. The van der Waals surface area contributed by atoms with Crippen molar-refractivity contribution in [2.75, 3.05) is 6.54 Å². The van der Waals surface area contributed by atoms with E-state index >= 15 is 0 Å². The van der Waals surface area contributed by atoms with Crippen LogP contribution in [-0.4, -0.2) is 27.8 Å². The SMILES string of the molecule is CCCNC1CCC(Sc2nc(C)cc(C)n2)C1. The number of aryl methyl sites for hydroxylation is 2. The maximum absolute atomic E-state index is 4.52. The third-order valence-corrected chi connectivity index (χ3v) is 4.46. The Balaban J connectivity index is 1.87. The highest BCUT2D eigenvalue weighted by molar-refractivity contribution is 7.99. The predicted octanol–water partition coefficient (Wildman–Crippen LogP) is 3.11. The normalized spacial score (nSPS) is 23.5. The van der Waals surface area contributed by atoms with Crippen LogP contribution in [0.3, 0.4) is 0 Å². The Morgan fingerprint density at radius 1 is 1.28 bits per heavy atom. The van der Waals surface area contributed by atoms with E-state index in [-0.39, 0.29) is 0 Å². The Hall–Kier alpha value is -0.610. The number of rotatable bonds is 5. The molecule has 0 aliphatic heterocycles. The molecule has 1 aromatic heterocycles. The summed E-state index contributed by atoms with van der Waals surface area (Å²) in [5.74, 6) is 0. The second-order valence-corrected chi connectivity index (χ2v) is 6.40. The van der Waals surface area contributed by atoms with Crippen LogP contribution in [0.25, 0.3) is 0 Å². The summed E-state index contributed by atoms with van der Waals surface area (Å²) < 4.78 is 0. The molecule has 1 N–H and O–H groups in total. The van der Waals surface area contributed by atoms with Crippen molar-refractivity contribution in [2.24, 2.45) is 0 Å². The third-order valence-electron chi connectivity index (χ3n) is 3.30. The minimum atomic E-state index is 0.681. The molecule has 0 aromatic carbocycles. The molecule has 4 heteroatoms. The Bertz CT molecular complexity index is 374. The van der Waals surface area contributed by atoms with Crippen molar-refractivity contribution in [3.8, 4) is 0 Å². The molecule has 2 atom stereocenters. The van der Waals surface area contributed by atoms with E-state index in [2.05, 4.69) is 22.2 Å². The number of nitrogens with one attached hydrogen (secondary N) is 1. The van der Waals surface area contributed by atoms with Gasteiger partial charge in [0.25, 0.3) is 0 Å². The maximum atomic E-state index is 4.52. The zero-order valence-electron chi connectivity index (χ0n) is 11.6. The summed E-state index contributed by atoms with van der Waals surface area (Å²) in [5.41, 5.74) is 2.15. The van der Waals surface area contributed by atoms with E-state index in [0.29, 0.717) is 11.3 Å². The predicted molar refractivity (Wildman–Crippen MR) is 77.1 cm³/mol. The Morgan fingerprint density at radius 2 is 2.00 bits per heavy atom. The summed E-state index contributed by atoms with van der Waals surface area (Å²) in [6.07, 6.45) is 5.04. The van der Waals surface area contributed by atoms with Crippen molar-refractivity contribution >= 4 is 11.8 Å². The van der Waals surface area contributed by atoms with Crippen LogP contribution in [-0.2, 0) is 0 Å². The fraction of sp³-hybridized carbons (Fsp3) is 0.714. The fourth-order valence-corrected chi connectivity index (χ4v) is 3.75. The molecule has 1 fully saturated rings. The summed E-state index contributed by atoms with van der Waals surface area (Å²) >= 11 is 1.85. The lowest BCUT2D eigenvalue weighted by Crippen LogP contribution is -2.27. The molecule has 0 spiro atoms. The van der Waals surface area contributed by atoms with Crippen LogP contribution in [0.15, 0.2) is 11.2 Å². The second kappa shape index (κ2) is 6.53. The van der Waals surface area contributed by atoms with Gasteiger partial charge < -0.3 is 5.32 Å². The minimum absolute atomic E-state index is 0.681. The van der Waals surface area contributed by atoms with Crippen molar-refractivity contribution in [1.29, 1.82) is 0 Å². The van der Waals surface area contributed by atoms with E-state index < -0.39 is 0 Å². The topological polar surface area (TPSA) is 37.8 Å². The fourth-order valence-electron chi connectivity index (χ4n) is 2.48. The van der Waals surface area contributed by atoms with Crippen LogP contribution in [0.4, 0.5) is 0 Å². The van der Waals surface area contributed by atoms with Crippen LogP contribution in [0.2, 0.25) is 0 Å². The molecular formula is C14H23N3S. The minimum Gasteiger partial charge on any atom is -0.314 e. The quantitative estimate of drug-likeness (QED) is 0.830. The summed E-state index contributed by atoms with van der Waals surface area (Å²) in [5, 5.41) is 5.25. The number of aromatic nitrogens is 2. The van der Waals surface area contributed by atoms with Crippen molar-refractivity contribution < 1.29 is 0 Å². The summed E-state index contributed by atoms with van der Waals surface area (Å²) in [7, 11) is 0. The molecule has 0 saturated heterocycles. The van der Waals surface area contributed by atoms with Crippen molar-refractivity contribution in [3.05, 3.63) is 17.5 Å². The van der Waals surface area contributed by atoms with Gasteiger partial charge >= 0.3 is 0 Å². The lowest BCUT2D eigenvalue weighted by atomic mass is 10.2. The zero-order chi connectivity index (χ0) is 13.0. The lowest BCUT2D eigenvalue weighted by molar-refractivity contribution is 0.524. The van der Waals surface area contributed by atoms with Crippen molar-refractivity contribution in [3.63, 3.8) is 0 Å². The average Bonchev–Trinajstić information content (AvgIpc) is 2.72. The smallest absolute Gasteiger partial charge is 0.188 e. The molecule has 1 saturated carbocycles. The first-order valence-corrected chi connectivity index (χ1v) is 7.77. The first-order chi connectivity index (χ1) is 8.67. The Morgan fingerprint density at radius 3 is 2.67 bits per heavy atom. The maximum Gasteiger partial charge on any atom is 0.188 e. The van der Waals surface area contributed by atoms with Crippen LogP contribution >= 0.6 is 11.8 Å². The first-order valence-electron chi connectivity index (χ1n) is 6.89. The number of nitrogens with zero attached hydrogens (tertiary/aromatic N) is 2. The van der Waals surface area contributed by atoms with Gasteiger partial charge in [-0.25, -0.2) is 9.97 Å². The Labute approximate surface area is 114 Å². The highest BCUT2D eigenvalue weighted by Gasteiger charge is 2.25.